The van der Waals surface area contributed by atoms with Crippen molar-refractivity contribution in [2.24, 2.45) is 0 Å². The maximum Gasteiger partial charge on any atom is 0.297 e. The Bertz CT molecular complexity index is 430. The number of rotatable bonds is 4. The predicted octanol–water partition coefficient (Wildman–Crippen LogP) is 1.68. The third-order valence-corrected chi connectivity index (χ3v) is 3.05. The lowest BCUT2D eigenvalue weighted by molar-refractivity contribution is -0.385. The van der Waals surface area contributed by atoms with Crippen LogP contribution >= 0.6 is 0 Å². The van der Waals surface area contributed by atoms with Gasteiger partial charge in [-0.25, -0.2) is 0 Å². The fraction of sp³-hybridized carbons (Fsp3) is 0.500. The van der Waals surface area contributed by atoms with Crippen LogP contribution in [0.2, 0.25) is 0 Å². The second kappa shape index (κ2) is 5.79. The van der Waals surface area contributed by atoms with Crippen LogP contribution in [0.25, 0.3) is 0 Å². The van der Waals surface area contributed by atoms with E-state index in [2.05, 4.69) is 5.32 Å². The number of nitrogens with one attached hydrogen (secondary N) is 1. The van der Waals surface area contributed by atoms with Crippen LogP contribution in [0, 0.1) is 10.1 Å². The summed E-state index contributed by atoms with van der Waals surface area (Å²) in [7, 11) is 0. The van der Waals surface area contributed by atoms with Gasteiger partial charge in [0.1, 0.15) is 5.69 Å². The van der Waals surface area contributed by atoms with Crippen molar-refractivity contribution in [3.05, 3.63) is 33.9 Å². The van der Waals surface area contributed by atoms with Gasteiger partial charge in [0, 0.05) is 19.3 Å². The van der Waals surface area contributed by atoms with Crippen molar-refractivity contribution in [3.63, 3.8) is 0 Å². The monoisotopic (exact) mass is 252 g/mol. The molecule has 2 rings (SSSR count). The van der Waals surface area contributed by atoms with Crippen molar-refractivity contribution >= 4 is 11.4 Å². The Hall–Kier alpha value is -1.66. The molecule has 0 spiro atoms. The van der Waals surface area contributed by atoms with Crippen molar-refractivity contribution in [3.8, 4) is 0 Å². The summed E-state index contributed by atoms with van der Waals surface area (Å²) in [6.45, 7) is 1.01. The molecule has 0 aromatic heterocycles. The first kappa shape index (κ1) is 12.8. The highest BCUT2D eigenvalue weighted by atomic mass is 16.6. The molecule has 1 aromatic rings. The van der Waals surface area contributed by atoms with Gasteiger partial charge < -0.3 is 15.2 Å². The molecule has 0 saturated carbocycles. The third-order valence-electron chi connectivity index (χ3n) is 3.05. The van der Waals surface area contributed by atoms with Gasteiger partial charge in [0.05, 0.1) is 17.1 Å². The van der Waals surface area contributed by atoms with Gasteiger partial charge in [0.15, 0.2) is 0 Å². The molecular weight excluding hydrogens is 236 g/mol. The molecule has 0 radical (unpaired) electrons. The number of para-hydroxylation sites is 1. The quantitative estimate of drug-likeness (QED) is 0.629. The zero-order valence-corrected chi connectivity index (χ0v) is 9.96. The van der Waals surface area contributed by atoms with E-state index in [1.165, 1.54) is 0 Å². The van der Waals surface area contributed by atoms with Crippen LogP contribution in [0.5, 0.6) is 0 Å². The van der Waals surface area contributed by atoms with Crippen LogP contribution in [0.1, 0.15) is 18.4 Å². The van der Waals surface area contributed by atoms with Crippen LogP contribution in [-0.4, -0.2) is 29.3 Å². The van der Waals surface area contributed by atoms with Gasteiger partial charge in [-0.1, -0.05) is 6.07 Å². The maximum atomic E-state index is 11.1. The summed E-state index contributed by atoms with van der Waals surface area (Å²) in [5.41, 5.74) is 0.766. The van der Waals surface area contributed by atoms with E-state index in [0.717, 1.165) is 12.8 Å². The van der Waals surface area contributed by atoms with Gasteiger partial charge in [-0.05, 0) is 25.0 Å². The molecule has 0 atom stereocenters. The fourth-order valence-corrected chi connectivity index (χ4v) is 2.11. The minimum absolute atomic E-state index is 0.0357. The Morgan fingerprint density at radius 3 is 2.78 bits per heavy atom. The molecular formula is C12H16N2O4. The molecule has 1 fully saturated rings. The largest absolute Gasteiger partial charge is 0.391 e. The highest BCUT2D eigenvalue weighted by molar-refractivity contribution is 5.65. The molecule has 2 N–H and O–H groups in total. The molecule has 0 unspecified atom stereocenters. The van der Waals surface area contributed by atoms with Gasteiger partial charge in [-0.2, -0.15) is 0 Å². The topological polar surface area (TPSA) is 84.6 Å². The average molecular weight is 252 g/mol. The molecule has 1 aliphatic heterocycles. The normalized spacial score (nSPS) is 16.5. The lowest BCUT2D eigenvalue weighted by Gasteiger charge is -2.24. The molecule has 0 amide bonds. The van der Waals surface area contributed by atoms with Gasteiger partial charge in [-0.15, -0.1) is 0 Å². The van der Waals surface area contributed by atoms with Crippen molar-refractivity contribution in [2.75, 3.05) is 18.5 Å². The number of aliphatic hydroxyl groups excluding tert-OH is 1. The number of anilines is 1. The van der Waals surface area contributed by atoms with Crippen LogP contribution in [-0.2, 0) is 11.3 Å². The summed E-state index contributed by atoms with van der Waals surface area (Å²) >= 11 is 0. The van der Waals surface area contributed by atoms with Crippen molar-refractivity contribution in [1.29, 1.82) is 0 Å². The molecule has 1 heterocycles. The Labute approximate surface area is 105 Å². The minimum Gasteiger partial charge on any atom is -0.391 e. The van der Waals surface area contributed by atoms with Crippen LogP contribution in [0.15, 0.2) is 18.2 Å². The van der Waals surface area contributed by atoms with Crippen molar-refractivity contribution in [1.82, 2.24) is 0 Å². The first-order chi connectivity index (χ1) is 8.72. The van der Waals surface area contributed by atoms with Crippen molar-refractivity contribution in [2.45, 2.75) is 25.5 Å². The summed E-state index contributed by atoms with van der Waals surface area (Å²) in [6.07, 6.45) is 1.67. The molecule has 18 heavy (non-hydrogen) atoms. The first-order valence-corrected chi connectivity index (χ1v) is 5.94. The number of aliphatic hydroxyl groups is 1. The summed E-state index contributed by atoms with van der Waals surface area (Å²) in [5, 5.41) is 23.4. The Balaban J connectivity index is 2.23. The summed E-state index contributed by atoms with van der Waals surface area (Å²) in [4.78, 5) is 10.6. The standard InChI is InChI=1S/C12H16N2O4/c15-8-9-2-1-3-11(12(9)14(16)17)13-10-4-6-18-7-5-10/h1-3,10,13,15H,4-8H2. The second-order valence-electron chi connectivity index (χ2n) is 4.26. The highest BCUT2D eigenvalue weighted by Crippen LogP contribution is 2.30. The SMILES string of the molecule is O=[N+]([O-])c1c(CO)cccc1NC1CCOCC1. The fourth-order valence-electron chi connectivity index (χ4n) is 2.11. The van der Waals surface area contributed by atoms with Crippen molar-refractivity contribution < 1.29 is 14.8 Å². The van der Waals surface area contributed by atoms with Crippen LogP contribution < -0.4 is 5.32 Å². The zero-order chi connectivity index (χ0) is 13.0. The third kappa shape index (κ3) is 2.77. The average Bonchev–Trinajstić information content (AvgIpc) is 2.39. The highest BCUT2D eigenvalue weighted by Gasteiger charge is 2.22. The minimum atomic E-state index is -0.451. The number of nitro groups is 1. The number of hydrogen-bond acceptors (Lipinski definition) is 5. The molecule has 0 aliphatic carbocycles. The molecule has 6 nitrogen and oxygen atoms in total. The van der Waals surface area contributed by atoms with Crippen LogP contribution in [0.4, 0.5) is 11.4 Å². The van der Waals surface area contributed by atoms with E-state index in [1.54, 1.807) is 18.2 Å². The Kier molecular flexibility index (Phi) is 4.11. The number of ether oxygens (including phenoxy) is 1. The molecule has 1 saturated heterocycles. The lowest BCUT2D eigenvalue weighted by atomic mass is 10.1. The van der Waals surface area contributed by atoms with Gasteiger partial charge in [0.25, 0.3) is 5.69 Å². The molecule has 1 aromatic carbocycles. The lowest BCUT2D eigenvalue weighted by Crippen LogP contribution is -2.28. The van der Waals surface area contributed by atoms with E-state index in [4.69, 9.17) is 9.84 Å². The van der Waals surface area contributed by atoms with E-state index >= 15 is 0 Å². The zero-order valence-electron chi connectivity index (χ0n) is 9.96. The van der Waals surface area contributed by atoms with E-state index in [9.17, 15) is 10.1 Å². The van der Waals surface area contributed by atoms with E-state index < -0.39 is 4.92 Å². The number of nitrogens with zero attached hydrogens (tertiary/aromatic N) is 1. The van der Waals surface area contributed by atoms with E-state index in [0.29, 0.717) is 24.5 Å². The number of benzene rings is 1. The molecule has 0 bridgehead atoms. The van der Waals surface area contributed by atoms with E-state index in [-0.39, 0.29) is 18.3 Å². The number of hydrogen-bond donors (Lipinski definition) is 2. The van der Waals surface area contributed by atoms with Gasteiger partial charge >= 0.3 is 0 Å². The van der Waals surface area contributed by atoms with Gasteiger partial charge in [0.2, 0.25) is 0 Å². The molecule has 1 aliphatic rings. The summed E-state index contributed by atoms with van der Waals surface area (Å²) in [5.74, 6) is 0. The summed E-state index contributed by atoms with van der Waals surface area (Å²) < 4.78 is 5.25. The predicted molar refractivity (Wildman–Crippen MR) is 66.5 cm³/mol. The second-order valence-corrected chi connectivity index (χ2v) is 4.26. The van der Waals surface area contributed by atoms with E-state index in [1.807, 2.05) is 0 Å². The molecule has 6 heteroatoms. The number of nitro benzene ring substituents is 1. The van der Waals surface area contributed by atoms with Crippen LogP contribution in [0.3, 0.4) is 0 Å². The molecule has 98 valence electrons. The maximum absolute atomic E-state index is 11.1. The first-order valence-electron chi connectivity index (χ1n) is 5.94. The Morgan fingerprint density at radius 1 is 1.44 bits per heavy atom. The Morgan fingerprint density at radius 2 is 2.17 bits per heavy atom. The van der Waals surface area contributed by atoms with Gasteiger partial charge in [-0.3, -0.25) is 10.1 Å². The summed E-state index contributed by atoms with van der Waals surface area (Å²) in [6, 6.07) is 5.13. The smallest absolute Gasteiger partial charge is 0.297 e.